The van der Waals surface area contributed by atoms with E-state index in [1.54, 1.807) is 29.2 Å². The molecule has 0 bridgehead atoms. The average Bonchev–Trinajstić information content (AvgIpc) is 2.63. The van der Waals surface area contributed by atoms with Gasteiger partial charge in [-0.1, -0.05) is 51.1 Å². The Hall–Kier alpha value is -2.82. The van der Waals surface area contributed by atoms with E-state index in [4.69, 9.17) is 0 Å². The number of hydrogen-bond donors (Lipinski definition) is 2. The van der Waals surface area contributed by atoms with Crippen molar-refractivity contribution in [1.29, 1.82) is 0 Å². The first-order valence-corrected chi connectivity index (χ1v) is 9.47. The normalized spacial score (nSPS) is 10.5. The Bertz CT molecular complexity index is 727. The van der Waals surface area contributed by atoms with E-state index in [1.807, 2.05) is 44.2 Å². The SMILES string of the molecule is CCCN(Cc1ccccc1)C(=O)Nc1ccc(NC(=O)CC(C)C)cc1. The maximum atomic E-state index is 12.6. The molecule has 144 valence electrons. The second-order valence-electron chi connectivity index (χ2n) is 7.06. The van der Waals surface area contributed by atoms with Crippen molar-refractivity contribution in [3.63, 3.8) is 0 Å². The van der Waals surface area contributed by atoms with Gasteiger partial charge >= 0.3 is 6.03 Å². The Kier molecular flexibility index (Phi) is 7.86. The summed E-state index contributed by atoms with van der Waals surface area (Å²) >= 11 is 0. The predicted octanol–water partition coefficient (Wildman–Crippen LogP) is 5.12. The van der Waals surface area contributed by atoms with Crippen LogP contribution < -0.4 is 10.6 Å². The number of hydrogen-bond acceptors (Lipinski definition) is 2. The van der Waals surface area contributed by atoms with Gasteiger partial charge in [0, 0.05) is 30.9 Å². The van der Waals surface area contributed by atoms with Gasteiger partial charge in [0.05, 0.1) is 0 Å². The van der Waals surface area contributed by atoms with Crippen molar-refractivity contribution in [1.82, 2.24) is 4.90 Å². The molecule has 0 saturated carbocycles. The molecule has 0 aliphatic carbocycles. The first kappa shape index (κ1) is 20.5. The maximum Gasteiger partial charge on any atom is 0.322 e. The third kappa shape index (κ3) is 7.13. The number of rotatable bonds is 8. The van der Waals surface area contributed by atoms with Crippen LogP contribution in [0, 0.1) is 5.92 Å². The summed E-state index contributed by atoms with van der Waals surface area (Å²) in [5.41, 5.74) is 2.54. The van der Waals surface area contributed by atoms with Gasteiger partial charge in [0.15, 0.2) is 0 Å². The molecule has 0 aromatic heterocycles. The number of urea groups is 1. The molecule has 2 rings (SSSR count). The van der Waals surface area contributed by atoms with E-state index < -0.39 is 0 Å². The van der Waals surface area contributed by atoms with Gasteiger partial charge in [-0.3, -0.25) is 4.79 Å². The van der Waals surface area contributed by atoms with Crippen LogP contribution in [0.4, 0.5) is 16.2 Å². The highest BCUT2D eigenvalue weighted by molar-refractivity contribution is 5.92. The van der Waals surface area contributed by atoms with Gasteiger partial charge in [-0.25, -0.2) is 4.79 Å². The highest BCUT2D eigenvalue weighted by atomic mass is 16.2. The van der Waals surface area contributed by atoms with Gasteiger partial charge in [-0.2, -0.15) is 0 Å². The molecular weight excluding hydrogens is 338 g/mol. The molecule has 5 heteroatoms. The summed E-state index contributed by atoms with van der Waals surface area (Å²) in [4.78, 5) is 26.3. The van der Waals surface area contributed by atoms with Crippen molar-refractivity contribution in [2.24, 2.45) is 5.92 Å². The fourth-order valence-electron chi connectivity index (χ4n) is 2.75. The molecule has 0 atom stereocenters. The van der Waals surface area contributed by atoms with Crippen LogP contribution in [0.1, 0.15) is 39.2 Å². The van der Waals surface area contributed by atoms with Crippen LogP contribution in [0.2, 0.25) is 0 Å². The fourth-order valence-corrected chi connectivity index (χ4v) is 2.75. The van der Waals surface area contributed by atoms with Crippen molar-refractivity contribution >= 4 is 23.3 Å². The molecule has 0 unspecified atom stereocenters. The van der Waals surface area contributed by atoms with Gasteiger partial charge < -0.3 is 15.5 Å². The molecule has 2 aromatic carbocycles. The molecule has 0 spiro atoms. The van der Waals surface area contributed by atoms with Crippen molar-refractivity contribution < 1.29 is 9.59 Å². The summed E-state index contributed by atoms with van der Waals surface area (Å²) < 4.78 is 0. The standard InChI is InChI=1S/C22H29N3O2/c1-4-14-25(16-18-8-6-5-7-9-18)22(27)24-20-12-10-19(11-13-20)23-21(26)15-17(2)3/h5-13,17H,4,14-16H2,1-3H3,(H,23,26)(H,24,27). The third-order valence-electron chi connectivity index (χ3n) is 4.01. The predicted molar refractivity (Wildman–Crippen MR) is 111 cm³/mol. The molecule has 0 radical (unpaired) electrons. The van der Waals surface area contributed by atoms with E-state index in [0.29, 0.717) is 31.1 Å². The smallest absolute Gasteiger partial charge is 0.322 e. The topological polar surface area (TPSA) is 61.4 Å². The minimum absolute atomic E-state index is 0.00114. The quantitative estimate of drug-likeness (QED) is 0.680. The Morgan fingerprint density at radius 2 is 1.52 bits per heavy atom. The molecular formula is C22H29N3O2. The molecule has 27 heavy (non-hydrogen) atoms. The number of benzene rings is 2. The zero-order valence-electron chi connectivity index (χ0n) is 16.4. The van der Waals surface area contributed by atoms with Crippen LogP contribution in [0.5, 0.6) is 0 Å². The van der Waals surface area contributed by atoms with E-state index in [1.165, 1.54) is 0 Å². The van der Waals surface area contributed by atoms with Crippen LogP contribution in [0.25, 0.3) is 0 Å². The van der Waals surface area contributed by atoms with Gasteiger partial charge in [-0.05, 0) is 42.2 Å². The molecule has 2 N–H and O–H groups in total. The van der Waals surface area contributed by atoms with Crippen LogP contribution >= 0.6 is 0 Å². The molecule has 0 heterocycles. The Morgan fingerprint density at radius 3 is 2.07 bits per heavy atom. The number of anilines is 2. The number of carbonyl (C=O) groups excluding carboxylic acids is 2. The lowest BCUT2D eigenvalue weighted by molar-refractivity contribution is -0.116. The van der Waals surface area contributed by atoms with Gasteiger partial charge in [0.1, 0.15) is 0 Å². The molecule has 0 fully saturated rings. The lowest BCUT2D eigenvalue weighted by Crippen LogP contribution is -2.35. The Labute approximate surface area is 161 Å². The Morgan fingerprint density at radius 1 is 0.926 bits per heavy atom. The molecule has 3 amide bonds. The number of carbonyl (C=O) groups is 2. The average molecular weight is 367 g/mol. The molecule has 0 aliphatic rings. The summed E-state index contributed by atoms with van der Waals surface area (Å²) in [6.45, 7) is 7.33. The van der Waals surface area contributed by atoms with Gasteiger partial charge in [-0.15, -0.1) is 0 Å². The van der Waals surface area contributed by atoms with Crippen molar-refractivity contribution in [2.75, 3.05) is 17.2 Å². The summed E-state index contributed by atoms with van der Waals surface area (Å²) in [5.74, 6) is 0.316. The van der Waals surface area contributed by atoms with E-state index in [9.17, 15) is 9.59 Å². The molecule has 0 aliphatic heterocycles. The van der Waals surface area contributed by atoms with Gasteiger partial charge in [0.2, 0.25) is 5.91 Å². The van der Waals surface area contributed by atoms with E-state index in [0.717, 1.165) is 17.7 Å². The van der Waals surface area contributed by atoms with Crippen molar-refractivity contribution in [3.8, 4) is 0 Å². The number of nitrogens with zero attached hydrogens (tertiary/aromatic N) is 1. The van der Waals surface area contributed by atoms with Crippen LogP contribution in [-0.2, 0) is 11.3 Å². The molecule has 0 saturated heterocycles. The highest BCUT2D eigenvalue weighted by Crippen LogP contribution is 2.16. The van der Waals surface area contributed by atoms with Gasteiger partial charge in [0.25, 0.3) is 0 Å². The maximum absolute atomic E-state index is 12.6. The Balaban J connectivity index is 1.95. The third-order valence-corrected chi connectivity index (χ3v) is 4.01. The van der Waals surface area contributed by atoms with E-state index in [-0.39, 0.29) is 11.9 Å². The zero-order chi connectivity index (χ0) is 19.6. The largest absolute Gasteiger partial charge is 0.326 e. The first-order chi connectivity index (χ1) is 13.0. The van der Waals surface area contributed by atoms with Crippen LogP contribution in [0.3, 0.4) is 0 Å². The second kappa shape index (κ2) is 10.4. The lowest BCUT2D eigenvalue weighted by atomic mass is 10.1. The summed E-state index contributed by atoms with van der Waals surface area (Å²) in [6.07, 6.45) is 1.38. The number of nitrogens with one attached hydrogen (secondary N) is 2. The minimum atomic E-state index is -0.128. The summed E-state index contributed by atoms with van der Waals surface area (Å²) in [5, 5.41) is 5.80. The monoisotopic (exact) mass is 367 g/mol. The zero-order valence-corrected chi connectivity index (χ0v) is 16.4. The molecule has 2 aromatic rings. The van der Waals surface area contributed by atoms with E-state index in [2.05, 4.69) is 17.6 Å². The molecule has 5 nitrogen and oxygen atoms in total. The van der Waals surface area contributed by atoms with Crippen LogP contribution in [-0.4, -0.2) is 23.4 Å². The first-order valence-electron chi connectivity index (χ1n) is 9.47. The summed E-state index contributed by atoms with van der Waals surface area (Å²) in [7, 11) is 0. The van der Waals surface area contributed by atoms with E-state index >= 15 is 0 Å². The summed E-state index contributed by atoms with van der Waals surface area (Å²) in [6, 6.07) is 17.0. The van der Waals surface area contributed by atoms with Crippen molar-refractivity contribution in [2.45, 2.75) is 40.2 Å². The van der Waals surface area contributed by atoms with Crippen molar-refractivity contribution in [3.05, 3.63) is 60.2 Å². The highest BCUT2D eigenvalue weighted by Gasteiger charge is 2.13. The minimum Gasteiger partial charge on any atom is -0.326 e. The second-order valence-corrected chi connectivity index (χ2v) is 7.06. The fraction of sp³-hybridized carbons (Fsp3) is 0.364. The lowest BCUT2D eigenvalue weighted by Gasteiger charge is -2.23. The van der Waals surface area contributed by atoms with Crippen LogP contribution in [0.15, 0.2) is 54.6 Å². The number of amides is 3.